The first-order valence-electron chi connectivity index (χ1n) is 31.6. The minimum atomic E-state index is -0.844. The largest absolute Gasteiger partial charge is 0.466 e. The Morgan fingerprint density at radius 1 is 0.386 bits per heavy atom. The van der Waals surface area contributed by atoms with Crippen LogP contribution in [0.25, 0.3) is 0 Å². The molecule has 70 heavy (non-hydrogen) atoms. The van der Waals surface area contributed by atoms with E-state index in [0.29, 0.717) is 19.4 Å². The van der Waals surface area contributed by atoms with Crippen molar-refractivity contribution < 1.29 is 24.5 Å². The molecule has 0 bridgehead atoms. The second-order valence-corrected chi connectivity index (χ2v) is 21.7. The van der Waals surface area contributed by atoms with Crippen molar-refractivity contribution in [1.82, 2.24) is 5.32 Å². The van der Waals surface area contributed by atoms with Crippen LogP contribution in [0.1, 0.15) is 348 Å². The number of hydrogen-bond donors (Lipinski definition) is 3. The lowest BCUT2D eigenvalue weighted by Crippen LogP contribution is -2.45. The third kappa shape index (κ3) is 55.7. The van der Waals surface area contributed by atoms with Gasteiger partial charge in [0.25, 0.3) is 0 Å². The second-order valence-electron chi connectivity index (χ2n) is 21.7. The molecule has 0 saturated carbocycles. The van der Waals surface area contributed by atoms with Gasteiger partial charge < -0.3 is 20.3 Å². The molecule has 0 radical (unpaired) electrons. The summed E-state index contributed by atoms with van der Waals surface area (Å²) >= 11 is 0. The van der Waals surface area contributed by atoms with Crippen molar-refractivity contribution in [2.24, 2.45) is 0 Å². The second kappa shape index (κ2) is 59.9. The van der Waals surface area contributed by atoms with Gasteiger partial charge in [-0.05, 0) is 57.8 Å². The molecule has 3 N–H and O–H groups in total. The summed E-state index contributed by atoms with van der Waals surface area (Å²) < 4.78 is 5.48. The first-order chi connectivity index (χ1) is 34.5. The quantitative estimate of drug-likeness (QED) is 0.0321. The molecule has 0 aliphatic carbocycles. The molecular weight excluding hydrogens is 863 g/mol. The van der Waals surface area contributed by atoms with Gasteiger partial charge in [0.05, 0.1) is 25.4 Å². The van der Waals surface area contributed by atoms with Crippen molar-refractivity contribution in [2.45, 2.75) is 360 Å². The number of aliphatic hydroxyl groups excluding tert-OH is 2. The first kappa shape index (κ1) is 68.3. The number of ether oxygens (including phenoxy) is 1. The molecule has 6 nitrogen and oxygen atoms in total. The third-order valence-corrected chi connectivity index (χ3v) is 14.7. The van der Waals surface area contributed by atoms with E-state index in [4.69, 9.17) is 4.74 Å². The van der Waals surface area contributed by atoms with Gasteiger partial charge in [-0.15, -0.1) is 0 Å². The van der Waals surface area contributed by atoms with Crippen molar-refractivity contribution in [1.29, 1.82) is 0 Å². The van der Waals surface area contributed by atoms with Crippen LogP contribution < -0.4 is 5.32 Å². The summed E-state index contributed by atoms with van der Waals surface area (Å²) in [6.07, 6.45) is 73.7. The fourth-order valence-corrected chi connectivity index (χ4v) is 9.87. The van der Waals surface area contributed by atoms with E-state index in [2.05, 4.69) is 31.3 Å². The van der Waals surface area contributed by atoms with Crippen LogP contribution in [0.5, 0.6) is 0 Å². The summed E-state index contributed by atoms with van der Waals surface area (Å²) in [6, 6.07) is -0.627. The standard InChI is InChI=1S/C64H123NO5/c1-3-5-7-9-11-13-15-32-36-40-44-48-52-56-62(67)61(60-66)65-63(68)57-53-49-45-41-37-34-30-28-26-24-22-20-18-17-19-21-23-25-27-29-31-35-39-43-47-51-55-59-70-64(69)58-54-50-46-42-38-33-16-14-12-10-8-6-4-2/h17-18,52,56,61-62,66-67H,3-16,19-51,53-55,57-60H2,1-2H3,(H,65,68)/b18-17-,56-52+. The molecule has 0 aromatic rings. The number of carbonyl (C=O) groups excluding carboxylic acids is 2. The Kier molecular flexibility index (Phi) is 58.5. The number of hydrogen-bond acceptors (Lipinski definition) is 5. The molecule has 0 aromatic carbocycles. The molecule has 0 rings (SSSR count). The molecule has 6 heteroatoms. The molecule has 0 saturated heterocycles. The van der Waals surface area contributed by atoms with E-state index in [9.17, 15) is 19.8 Å². The van der Waals surface area contributed by atoms with Crippen molar-refractivity contribution in [3.8, 4) is 0 Å². The molecule has 2 atom stereocenters. The van der Waals surface area contributed by atoms with E-state index in [1.54, 1.807) is 6.08 Å². The van der Waals surface area contributed by atoms with Gasteiger partial charge in [0.15, 0.2) is 0 Å². The molecule has 0 aliphatic heterocycles. The molecule has 414 valence electrons. The minimum absolute atomic E-state index is 0.0165. The zero-order valence-corrected chi connectivity index (χ0v) is 47.3. The summed E-state index contributed by atoms with van der Waals surface area (Å²) in [4.78, 5) is 24.5. The fraction of sp³-hybridized carbons (Fsp3) is 0.906. The van der Waals surface area contributed by atoms with Crippen LogP contribution in [0.2, 0.25) is 0 Å². The first-order valence-corrected chi connectivity index (χ1v) is 31.6. The van der Waals surface area contributed by atoms with Crippen LogP contribution in [0, 0.1) is 0 Å². The highest BCUT2D eigenvalue weighted by Gasteiger charge is 2.18. The van der Waals surface area contributed by atoms with E-state index < -0.39 is 12.1 Å². The number of esters is 1. The van der Waals surface area contributed by atoms with E-state index in [-0.39, 0.29) is 18.5 Å². The Labute approximate surface area is 437 Å². The van der Waals surface area contributed by atoms with Gasteiger partial charge in [0.2, 0.25) is 5.91 Å². The molecule has 0 aliphatic rings. The maximum atomic E-state index is 12.4. The van der Waals surface area contributed by atoms with E-state index in [1.165, 1.54) is 283 Å². The topological polar surface area (TPSA) is 95.9 Å². The highest BCUT2D eigenvalue weighted by molar-refractivity contribution is 5.76. The van der Waals surface area contributed by atoms with Crippen molar-refractivity contribution in [3.63, 3.8) is 0 Å². The normalized spacial score (nSPS) is 12.7. The van der Waals surface area contributed by atoms with Crippen LogP contribution in [0.15, 0.2) is 24.3 Å². The molecular formula is C64H123NO5. The Bertz CT molecular complexity index is 1090. The number of aliphatic hydroxyl groups is 2. The summed E-state index contributed by atoms with van der Waals surface area (Å²) in [7, 11) is 0. The van der Waals surface area contributed by atoms with E-state index in [1.807, 2.05) is 6.08 Å². The Balaban J connectivity index is 3.38. The van der Waals surface area contributed by atoms with Gasteiger partial charge in [0, 0.05) is 12.8 Å². The van der Waals surface area contributed by atoms with Gasteiger partial charge in [-0.25, -0.2) is 0 Å². The Morgan fingerprint density at radius 2 is 0.671 bits per heavy atom. The highest BCUT2D eigenvalue weighted by Crippen LogP contribution is 2.17. The summed E-state index contributed by atoms with van der Waals surface area (Å²) in [6.45, 7) is 4.92. The van der Waals surface area contributed by atoms with Crippen LogP contribution >= 0.6 is 0 Å². The lowest BCUT2D eigenvalue weighted by Gasteiger charge is -2.20. The average Bonchev–Trinajstić information content (AvgIpc) is 3.36. The average molecular weight is 987 g/mol. The molecule has 0 heterocycles. The molecule has 2 unspecified atom stereocenters. The number of unbranched alkanes of at least 4 members (excludes halogenated alkanes) is 46. The highest BCUT2D eigenvalue weighted by atomic mass is 16.5. The lowest BCUT2D eigenvalue weighted by atomic mass is 10.0. The summed E-state index contributed by atoms with van der Waals surface area (Å²) in [5.41, 5.74) is 0. The predicted molar refractivity (Wildman–Crippen MR) is 306 cm³/mol. The lowest BCUT2D eigenvalue weighted by molar-refractivity contribution is -0.143. The van der Waals surface area contributed by atoms with Crippen LogP contribution in [-0.2, 0) is 14.3 Å². The van der Waals surface area contributed by atoms with Crippen molar-refractivity contribution in [2.75, 3.05) is 13.2 Å². The van der Waals surface area contributed by atoms with Crippen LogP contribution in [0.3, 0.4) is 0 Å². The predicted octanol–water partition coefficient (Wildman–Crippen LogP) is 19.8. The number of amides is 1. The van der Waals surface area contributed by atoms with Gasteiger partial charge >= 0.3 is 5.97 Å². The van der Waals surface area contributed by atoms with E-state index in [0.717, 1.165) is 38.5 Å². The molecule has 1 amide bonds. The van der Waals surface area contributed by atoms with Gasteiger partial charge in [-0.3, -0.25) is 9.59 Å². The fourth-order valence-electron chi connectivity index (χ4n) is 9.87. The zero-order chi connectivity index (χ0) is 50.7. The van der Waals surface area contributed by atoms with Crippen LogP contribution in [-0.4, -0.2) is 47.4 Å². The summed E-state index contributed by atoms with van der Waals surface area (Å²) in [5, 5.41) is 23.1. The number of nitrogens with one attached hydrogen (secondary N) is 1. The Hall–Kier alpha value is -1.66. The minimum Gasteiger partial charge on any atom is -0.466 e. The number of carbonyl (C=O) groups is 2. The SMILES string of the molecule is CCCCCCCCCCCCC/C=C/C(O)C(CO)NC(=O)CCCCCCCCCCCCC/C=C\CCCCCCCCCCCCCCOC(=O)CCCCCCCCCCCCCCC. The number of rotatable bonds is 59. The van der Waals surface area contributed by atoms with E-state index >= 15 is 0 Å². The molecule has 0 fully saturated rings. The van der Waals surface area contributed by atoms with Gasteiger partial charge in [0.1, 0.15) is 0 Å². The maximum Gasteiger partial charge on any atom is 0.305 e. The molecule has 0 spiro atoms. The monoisotopic (exact) mass is 986 g/mol. The zero-order valence-electron chi connectivity index (χ0n) is 47.3. The van der Waals surface area contributed by atoms with Crippen LogP contribution in [0.4, 0.5) is 0 Å². The van der Waals surface area contributed by atoms with Gasteiger partial charge in [-0.1, -0.05) is 301 Å². The number of allylic oxidation sites excluding steroid dienone is 3. The third-order valence-electron chi connectivity index (χ3n) is 14.7. The van der Waals surface area contributed by atoms with Crippen molar-refractivity contribution >= 4 is 11.9 Å². The Morgan fingerprint density at radius 3 is 1.01 bits per heavy atom. The summed E-state index contributed by atoms with van der Waals surface area (Å²) in [5.74, 6) is -0.0514. The smallest absolute Gasteiger partial charge is 0.305 e. The maximum absolute atomic E-state index is 12.4. The van der Waals surface area contributed by atoms with Gasteiger partial charge in [-0.2, -0.15) is 0 Å². The molecule has 0 aromatic heterocycles. The van der Waals surface area contributed by atoms with Crippen molar-refractivity contribution in [3.05, 3.63) is 24.3 Å².